The van der Waals surface area contributed by atoms with Crippen LogP contribution < -0.4 is 10.6 Å². The average Bonchev–Trinajstić information content (AvgIpc) is 2.39. The number of carbonyl (C=O) groups excluding carboxylic acids is 1. The Morgan fingerprint density at radius 1 is 1.17 bits per heavy atom. The summed E-state index contributed by atoms with van der Waals surface area (Å²) >= 11 is 0. The van der Waals surface area contributed by atoms with Gasteiger partial charge in [-0.2, -0.15) is 0 Å². The van der Waals surface area contributed by atoms with Crippen molar-refractivity contribution in [2.45, 2.75) is 0 Å². The maximum Gasteiger partial charge on any atom is 0.250 e. The fourth-order valence-electron chi connectivity index (χ4n) is 1.71. The average molecular weight is 252 g/mol. The van der Waals surface area contributed by atoms with Crippen LogP contribution in [0.25, 0.3) is 0 Å². The van der Waals surface area contributed by atoms with Crippen molar-refractivity contribution in [1.29, 1.82) is 0 Å². The lowest BCUT2D eigenvalue weighted by Crippen LogP contribution is -2.32. The predicted octanol–water partition coefficient (Wildman–Crippen LogP) is 0.885. The Kier molecular flexibility index (Phi) is 6.18. The van der Waals surface area contributed by atoms with E-state index in [1.54, 1.807) is 26.4 Å². The van der Waals surface area contributed by atoms with E-state index in [0.29, 0.717) is 31.9 Å². The molecular weight excluding hydrogens is 232 g/mol. The van der Waals surface area contributed by atoms with Gasteiger partial charge in [-0.15, -0.1) is 0 Å². The highest BCUT2D eigenvalue weighted by Gasteiger charge is 2.13. The van der Waals surface area contributed by atoms with Crippen molar-refractivity contribution in [2.75, 3.05) is 45.4 Å². The van der Waals surface area contributed by atoms with E-state index < -0.39 is 5.91 Å². The van der Waals surface area contributed by atoms with Gasteiger partial charge >= 0.3 is 0 Å². The van der Waals surface area contributed by atoms with Gasteiger partial charge in [-0.05, 0) is 12.1 Å². The van der Waals surface area contributed by atoms with Gasteiger partial charge in [-0.1, -0.05) is 12.1 Å². The Bertz CT molecular complexity index is 374. The van der Waals surface area contributed by atoms with Gasteiger partial charge in [-0.3, -0.25) is 4.79 Å². The molecular formula is C13H20N2O3. The fourth-order valence-corrected chi connectivity index (χ4v) is 1.71. The van der Waals surface area contributed by atoms with Gasteiger partial charge in [0.25, 0.3) is 5.91 Å². The number of benzene rings is 1. The molecule has 1 amide bonds. The minimum atomic E-state index is -0.426. The van der Waals surface area contributed by atoms with Crippen molar-refractivity contribution in [1.82, 2.24) is 0 Å². The topological polar surface area (TPSA) is 64.8 Å². The van der Waals surface area contributed by atoms with E-state index in [1.165, 1.54) is 0 Å². The first-order valence-corrected chi connectivity index (χ1v) is 5.82. The second-order valence-electron chi connectivity index (χ2n) is 3.85. The molecule has 0 bridgehead atoms. The number of nitrogens with zero attached hydrogens (tertiary/aromatic N) is 1. The smallest absolute Gasteiger partial charge is 0.250 e. The van der Waals surface area contributed by atoms with Crippen molar-refractivity contribution in [2.24, 2.45) is 5.73 Å². The molecule has 1 rings (SSSR count). The lowest BCUT2D eigenvalue weighted by molar-refractivity contribution is 0.100. The maximum atomic E-state index is 11.4. The molecule has 0 spiro atoms. The zero-order valence-electron chi connectivity index (χ0n) is 10.9. The maximum absolute atomic E-state index is 11.4. The highest BCUT2D eigenvalue weighted by Crippen LogP contribution is 2.19. The third-order valence-electron chi connectivity index (χ3n) is 2.64. The SMILES string of the molecule is COCCN(CCOC)c1ccccc1C(N)=O. The molecule has 0 saturated carbocycles. The third-order valence-corrected chi connectivity index (χ3v) is 2.64. The van der Waals surface area contributed by atoms with Crippen molar-refractivity contribution in [3.63, 3.8) is 0 Å². The summed E-state index contributed by atoms with van der Waals surface area (Å²) in [6, 6.07) is 7.29. The van der Waals surface area contributed by atoms with Crippen LogP contribution in [0.15, 0.2) is 24.3 Å². The molecule has 0 fully saturated rings. The summed E-state index contributed by atoms with van der Waals surface area (Å²) in [5.41, 5.74) is 6.72. The number of primary amides is 1. The first-order valence-electron chi connectivity index (χ1n) is 5.82. The van der Waals surface area contributed by atoms with Gasteiger partial charge in [0.1, 0.15) is 0 Å². The summed E-state index contributed by atoms with van der Waals surface area (Å²) in [4.78, 5) is 13.4. The van der Waals surface area contributed by atoms with E-state index in [4.69, 9.17) is 15.2 Å². The number of ether oxygens (including phenoxy) is 2. The number of hydrogen-bond donors (Lipinski definition) is 1. The Balaban J connectivity index is 2.92. The van der Waals surface area contributed by atoms with E-state index in [1.807, 2.05) is 17.0 Å². The summed E-state index contributed by atoms with van der Waals surface area (Å²) in [6.07, 6.45) is 0. The molecule has 0 aliphatic rings. The van der Waals surface area contributed by atoms with Gasteiger partial charge in [-0.25, -0.2) is 0 Å². The number of para-hydroxylation sites is 1. The van der Waals surface area contributed by atoms with Gasteiger partial charge in [0.15, 0.2) is 0 Å². The van der Waals surface area contributed by atoms with Crippen molar-refractivity contribution >= 4 is 11.6 Å². The van der Waals surface area contributed by atoms with E-state index in [-0.39, 0.29) is 0 Å². The normalized spacial score (nSPS) is 10.3. The highest BCUT2D eigenvalue weighted by molar-refractivity contribution is 5.98. The zero-order valence-corrected chi connectivity index (χ0v) is 10.9. The monoisotopic (exact) mass is 252 g/mol. The second-order valence-corrected chi connectivity index (χ2v) is 3.85. The molecule has 0 aliphatic carbocycles. The molecule has 0 radical (unpaired) electrons. The molecule has 0 aromatic heterocycles. The molecule has 0 saturated heterocycles. The summed E-state index contributed by atoms with van der Waals surface area (Å²) in [6.45, 7) is 2.53. The van der Waals surface area contributed by atoms with Crippen LogP contribution in [0.3, 0.4) is 0 Å². The molecule has 0 heterocycles. The van der Waals surface area contributed by atoms with Crippen LogP contribution in [0.2, 0.25) is 0 Å². The predicted molar refractivity (Wildman–Crippen MR) is 70.9 cm³/mol. The third kappa shape index (κ3) is 4.01. The quantitative estimate of drug-likeness (QED) is 0.746. The van der Waals surface area contributed by atoms with Gasteiger partial charge in [0.2, 0.25) is 0 Å². The van der Waals surface area contributed by atoms with Crippen LogP contribution in [0, 0.1) is 0 Å². The fraction of sp³-hybridized carbons (Fsp3) is 0.462. The lowest BCUT2D eigenvalue weighted by Gasteiger charge is -2.25. The molecule has 1 aromatic carbocycles. The van der Waals surface area contributed by atoms with Crippen LogP contribution in [0.5, 0.6) is 0 Å². The summed E-state index contributed by atoms with van der Waals surface area (Å²) in [7, 11) is 3.29. The van der Waals surface area contributed by atoms with Gasteiger partial charge < -0.3 is 20.1 Å². The largest absolute Gasteiger partial charge is 0.383 e. The van der Waals surface area contributed by atoms with Crippen LogP contribution in [-0.4, -0.2) is 46.4 Å². The van der Waals surface area contributed by atoms with E-state index >= 15 is 0 Å². The van der Waals surface area contributed by atoms with E-state index in [2.05, 4.69) is 0 Å². The van der Waals surface area contributed by atoms with Gasteiger partial charge in [0.05, 0.1) is 18.8 Å². The van der Waals surface area contributed by atoms with Crippen LogP contribution >= 0.6 is 0 Å². The molecule has 18 heavy (non-hydrogen) atoms. The van der Waals surface area contributed by atoms with Crippen LogP contribution in [0.1, 0.15) is 10.4 Å². The molecule has 2 N–H and O–H groups in total. The Morgan fingerprint density at radius 3 is 2.22 bits per heavy atom. The minimum absolute atomic E-state index is 0.426. The molecule has 5 nitrogen and oxygen atoms in total. The number of amides is 1. The van der Waals surface area contributed by atoms with Gasteiger partial charge in [0, 0.05) is 33.0 Å². The molecule has 0 unspecified atom stereocenters. The van der Waals surface area contributed by atoms with Crippen molar-refractivity contribution < 1.29 is 14.3 Å². The number of rotatable bonds is 8. The Labute approximate surface area is 107 Å². The number of anilines is 1. The molecule has 0 atom stereocenters. The van der Waals surface area contributed by atoms with E-state index in [9.17, 15) is 4.79 Å². The second kappa shape index (κ2) is 7.68. The Morgan fingerprint density at radius 2 is 1.72 bits per heavy atom. The van der Waals surface area contributed by atoms with Crippen LogP contribution in [-0.2, 0) is 9.47 Å². The lowest BCUT2D eigenvalue weighted by atomic mass is 10.1. The van der Waals surface area contributed by atoms with Crippen molar-refractivity contribution in [3.05, 3.63) is 29.8 Å². The summed E-state index contributed by atoms with van der Waals surface area (Å²) in [5, 5.41) is 0. The molecule has 100 valence electrons. The molecule has 5 heteroatoms. The molecule has 0 aliphatic heterocycles. The first kappa shape index (κ1) is 14.5. The van der Waals surface area contributed by atoms with Crippen molar-refractivity contribution in [3.8, 4) is 0 Å². The number of nitrogens with two attached hydrogens (primary N) is 1. The summed E-state index contributed by atoms with van der Waals surface area (Å²) in [5.74, 6) is -0.426. The summed E-state index contributed by atoms with van der Waals surface area (Å²) < 4.78 is 10.2. The zero-order chi connectivity index (χ0) is 13.4. The molecule has 1 aromatic rings. The standard InChI is InChI=1S/C13H20N2O3/c1-17-9-7-15(8-10-18-2)12-6-4-3-5-11(12)13(14)16/h3-6H,7-10H2,1-2H3,(H2,14,16). The van der Waals surface area contributed by atoms with E-state index in [0.717, 1.165) is 5.69 Å². The minimum Gasteiger partial charge on any atom is -0.383 e. The number of carbonyl (C=O) groups is 1. The Hall–Kier alpha value is -1.59. The highest BCUT2D eigenvalue weighted by atomic mass is 16.5. The van der Waals surface area contributed by atoms with Crippen LogP contribution in [0.4, 0.5) is 5.69 Å². The first-order chi connectivity index (χ1) is 8.70. The number of methoxy groups -OCH3 is 2. The number of hydrogen-bond acceptors (Lipinski definition) is 4.